The van der Waals surface area contributed by atoms with Gasteiger partial charge in [0.15, 0.2) is 0 Å². The first-order chi connectivity index (χ1) is 8.97. The third-order valence-corrected chi connectivity index (χ3v) is 2.63. The van der Waals surface area contributed by atoms with Crippen LogP contribution in [0.1, 0.15) is 33.6 Å². The van der Waals surface area contributed by atoms with Gasteiger partial charge in [-0.1, -0.05) is 13.8 Å². The highest BCUT2D eigenvalue weighted by Gasteiger charge is 2.11. The van der Waals surface area contributed by atoms with Crippen LogP contribution in [0.15, 0.2) is 0 Å². The van der Waals surface area contributed by atoms with E-state index in [4.69, 9.17) is 9.84 Å². The van der Waals surface area contributed by atoms with Crippen molar-refractivity contribution in [2.24, 2.45) is 5.92 Å². The molecule has 2 N–H and O–H groups in total. The Morgan fingerprint density at radius 3 is 2.53 bits per heavy atom. The molecule has 0 unspecified atom stereocenters. The standard InChI is InChI=1S/C13H26N2O4/c1-4-15(8-5-12(16)17)13(18)14-7-10-19-9-6-11(2)3/h11H,4-10H2,1-3H3,(H,14,18)(H,16,17). The van der Waals surface area contributed by atoms with E-state index in [1.165, 1.54) is 4.90 Å². The lowest BCUT2D eigenvalue weighted by Gasteiger charge is -2.20. The second-order valence-electron chi connectivity index (χ2n) is 4.75. The predicted octanol–water partition coefficient (Wildman–Crippen LogP) is 1.56. The van der Waals surface area contributed by atoms with Gasteiger partial charge in [-0.25, -0.2) is 4.79 Å². The summed E-state index contributed by atoms with van der Waals surface area (Å²) in [4.78, 5) is 23.6. The molecule has 0 aliphatic carbocycles. The number of aliphatic carboxylic acids is 1. The number of hydrogen-bond donors (Lipinski definition) is 2. The lowest BCUT2D eigenvalue weighted by atomic mass is 10.1. The molecule has 0 rings (SSSR count). The maximum absolute atomic E-state index is 11.7. The fourth-order valence-corrected chi connectivity index (χ4v) is 1.40. The molecule has 0 fully saturated rings. The van der Waals surface area contributed by atoms with Crippen LogP contribution in [0.5, 0.6) is 0 Å². The number of hydrogen-bond acceptors (Lipinski definition) is 3. The molecule has 6 heteroatoms. The van der Waals surface area contributed by atoms with Crippen LogP contribution in [-0.2, 0) is 9.53 Å². The normalized spacial score (nSPS) is 10.5. The molecule has 0 saturated carbocycles. The summed E-state index contributed by atoms with van der Waals surface area (Å²) in [6, 6.07) is -0.240. The second-order valence-corrected chi connectivity index (χ2v) is 4.75. The van der Waals surface area contributed by atoms with Gasteiger partial charge in [-0.15, -0.1) is 0 Å². The number of carbonyl (C=O) groups excluding carboxylic acids is 1. The Morgan fingerprint density at radius 2 is 2.00 bits per heavy atom. The van der Waals surface area contributed by atoms with Gasteiger partial charge in [0.25, 0.3) is 0 Å². The highest BCUT2D eigenvalue weighted by Crippen LogP contribution is 1.98. The third kappa shape index (κ3) is 10.3. The van der Waals surface area contributed by atoms with E-state index < -0.39 is 5.97 Å². The SMILES string of the molecule is CCN(CCC(=O)O)C(=O)NCCOCCC(C)C. The fourth-order valence-electron chi connectivity index (χ4n) is 1.40. The smallest absolute Gasteiger partial charge is 0.317 e. The van der Waals surface area contributed by atoms with E-state index in [1.807, 2.05) is 6.92 Å². The van der Waals surface area contributed by atoms with Crippen molar-refractivity contribution in [1.82, 2.24) is 10.2 Å². The zero-order valence-corrected chi connectivity index (χ0v) is 12.1. The molecule has 0 saturated heterocycles. The van der Waals surface area contributed by atoms with Crippen molar-refractivity contribution in [3.05, 3.63) is 0 Å². The van der Waals surface area contributed by atoms with Crippen molar-refractivity contribution in [2.75, 3.05) is 32.8 Å². The predicted molar refractivity (Wildman–Crippen MR) is 73.2 cm³/mol. The summed E-state index contributed by atoms with van der Waals surface area (Å²) in [5, 5.41) is 11.3. The van der Waals surface area contributed by atoms with Crippen LogP contribution in [0.3, 0.4) is 0 Å². The molecule has 0 aliphatic rings. The first-order valence-corrected chi connectivity index (χ1v) is 6.79. The molecule has 6 nitrogen and oxygen atoms in total. The highest BCUT2D eigenvalue weighted by molar-refractivity contribution is 5.75. The summed E-state index contributed by atoms with van der Waals surface area (Å²) in [7, 11) is 0. The molecule has 0 atom stereocenters. The zero-order valence-electron chi connectivity index (χ0n) is 12.1. The molecule has 0 heterocycles. The Kier molecular flexibility index (Phi) is 9.88. The number of ether oxygens (including phenoxy) is 1. The van der Waals surface area contributed by atoms with Crippen LogP contribution < -0.4 is 5.32 Å². The van der Waals surface area contributed by atoms with Crippen molar-refractivity contribution in [2.45, 2.75) is 33.6 Å². The average Bonchev–Trinajstić information content (AvgIpc) is 2.33. The summed E-state index contributed by atoms with van der Waals surface area (Å²) in [6.07, 6.45) is 0.972. The fraction of sp³-hybridized carbons (Fsp3) is 0.846. The molecule has 0 aromatic carbocycles. The van der Waals surface area contributed by atoms with Gasteiger partial charge in [0, 0.05) is 26.2 Å². The largest absolute Gasteiger partial charge is 0.481 e. The van der Waals surface area contributed by atoms with Crippen LogP contribution in [0.25, 0.3) is 0 Å². The Morgan fingerprint density at radius 1 is 1.32 bits per heavy atom. The maximum Gasteiger partial charge on any atom is 0.317 e. The van der Waals surface area contributed by atoms with Gasteiger partial charge in [0.2, 0.25) is 0 Å². The molecule has 0 aromatic heterocycles. The molecular weight excluding hydrogens is 248 g/mol. The lowest BCUT2D eigenvalue weighted by Crippen LogP contribution is -2.42. The molecule has 19 heavy (non-hydrogen) atoms. The summed E-state index contributed by atoms with van der Waals surface area (Å²) >= 11 is 0. The van der Waals surface area contributed by atoms with Gasteiger partial charge in [-0.05, 0) is 19.3 Å². The molecule has 0 spiro atoms. The van der Waals surface area contributed by atoms with Crippen molar-refractivity contribution in [1.29, 1.82) is 0 Å². The Bertz CT molecular complexity index is 269. The second kappa shape index (κ2) is 10.6. The summed E-state index contributed by atoms with van der Waals surface area (Å²) in [5.41, 5.74) is 0. The first-order valence-electron chi connectivity index (χ1n) is 6.79. The van der Waals surface area contributed by atoms with Crippen LogP contribution in [0.2, 0.25) is 0 Å². The van der Waals surface area contributed by atoms with E-state index in [2.05, 4.69) is 19.2 Å². The number of urea groups is 1. The Hall–Kier alpha value is -1.30. The minimum absolute atomic E-state index is 0.0356. The van der Waals surface area contributed by atoms with E-state index in [0.29, 0.717) is 32.2 Å². The highest BCUT2D eigenvalue weighted by atomic mass is 16.5. The quantitative estimate of drug-likeness (QED) is 0.592. The molecular formula is C13H26N2O4. The van der Waals surface area contributed by atoms with Crippen molar-refractivity contribution >= 4 is 12.0 Å². The van der Waals surface area contributed by atoms with Crippen molar-refractivity contribution in [3.63, 3.8) is 0 Å². The van der Waals surface area contributed by atoms with Gasteiger partial charge < -0.3 is 20.1 Å². The summed E-state index contributed by atoms with van der Waals surface area (Å²) < 4.78 is 5.38. The number of nitrogens with zero attached hydrogens (tertiary/aromatic N) is 1. The molecule has 0 radical (unpaired) electrons. The molecule has 0 aliphatic heterocycles. The van der Waals surface area contributed by atoms with Gasteiger partial charge in [-0.3, -0.25) is 4.79 Å². The number of carboxylic acid groups (broad SMARTS) is 1. The van der Waals surface area contributed by atoms with Crippen molar-refractivity contribution in [3.8, 4) is 0 Å². The van der Waals surface area contributed by atoms with Crippen LogP contribution in [0.4, 0.5) is 4.79 Å². The van der Waals surface area contributed by atoms with Crippen LogP contribution in [0, 0.1) is 5.92 Å². The monoisotopic (exact) mass is 274 g/mol. The zero-order chi connectivity index (χ0) is 14.7. The minimum Gasteiger partial charge on any atom is -0.481 e. The average molecular weight is 274 g/mol. The Labute approximate surface area is 115 Å². The van der Waals surface area contributed by atoms with E-state index in [-0.39, 0.29) is 19.0 Å². The number of rotatable bonds is 10. The van der Waals surface area contributed by atoms with E-state index >= 15 is 0 Å². The first kappa shape index (κ1) is 17.7. The number of carboxylic acids is 1. The number of carbonyl (C=O) groups is 2. The molecule has 2 amide bonds. The van der Waals surface area contributed by atoms with Crippen LogP contribution >= 0.6 is 0 Å². The van der Waals surface area contributed by atoms with Crippen LogP contribution in [-0.4, -0.2) is 54.9 Å². The molecule has 112 valence electrons. The Balaban J connectivity index is 3.67. The van der Waals surface area contributed by atoms with E-state index in [9.17, 15) is 9.59 Å². The van der Waals surface area contributed by atoms with Gasteiger partial charge in [0.05, 0.1) is 13.0 Å². The molecule has 0 aromatic rings. The van der Waals surface area contributed by atoms with Crippen molar-refractivity contribution < 1.29 is 19.4 Å². The van der Waals surface area contributed by atoms with Gasteiger partial charge in [-0.2, -0.15) is 0 Å². The number of nitrogens with one attached hydrogen (secondary N) is 1. The molecule has 0 bridgehead atoms. The topological polar surface area (TPSA) is 78.9 Å². The van der Waals surface area contributed by atoms with E-state index in [1.54, 1.807) is 0 Å². The van der Waals surface area contributed by atoms with Gasteiger partial charge >= 0.3 is 12.0 Å². The summed E-state index contributed by atoms with van der Waals surface area (Å²) in [6.45, 7) is 8.43. The number of amides is 2. The van der Waals surface area contributed by atoms with Gasteiger partial charge in [0.1, 0.15) is 0 Å². The summed E-state index contributed by atoms with van der Waals surface area (Å²) in [5.74, 6) is -0.288. The maximum atomic E-state index is 11.7. The minimum atomic E-state index is -0.900. The van der Waals surface area contributed by atoms with E-state index in [0.717, 1.165) is 6.42 Å². The lowest BCUT2D eigenvalue weighted by molar-refractivity contribution is -0.137. The third-order valence-electron chi connectivity index (χ3n) is 2.63.